The number of carboxylic acids is 1. The number of anilines is 1. The second kappa shape index (κ2) is 14.8. The molecule has 3 heterocycles. The number of hydrogen-bond acceptors (Lipinski definition) is 11. The molecule has 1 aliphatic heterocycles. The molecule has 56 heavy (non-hydrogen) atoms. The highest BCUT2D eigenvalue weighted by molar-refractivity contribution is 6.36. The number of aromatic nitrogens is 2. The molecule has 0 radical (unpaired) electrons. The van der Waals surface area contributed by atoms with Crippen molar-refractivity contribution in [1.29, 1.82) is 0 Å². The maximum absolute atomic E-state index is 14.6. The number of carbonyl (C=O) groups excluding carboxylic acids is 3. The van der Waals surface area contributed by atoms with Crippen LogP contribution < -0.4 is 25.4 Å². The van der Waals surface area contributed by atoms with E-state index in [1.165, 1.54) is 24.3 Å². The van der Waals surface area contributed by atoms with Crippen molar-refractivity contribution in [2.75, 3.05) is 19.0 Å². The van der Waals surface area contributed by atoms with Crippen LogP contribution in [0, 0.1) is 23.2 Å². The maximum Gasteiger partial charge on any atom is 0.408 e. The number of fused-ring (bicyclic) bond motifs is 2. The van der Waals surface area contributed by atoms with Crippen LogP contribution in [0.1, 0.15) is 66.7 Å². The molecule has 7 rings (SSSR count). The second-order valence-corrected chi connectivity index (χ2v) is 17.2. The fourth-order valence-electron chi connectivity index (χ4n) is 8.05. The van der Waals surface area contributed by atoms with Crippen molar-refractivity contribution in [3.05, 3.63) is 42.1 Å². The minimum atomic E-state index is -1.53. The Morgan fingerprint density at radius 2 is 1.80 bits per heavy atom. The number of benzene rings is 1. The number of oxazole rings is 1. The lowest BCUT2D eigenvalue weighted by Gasteiger charge is -2.35. The predicted octanol–water partition coefficient (Wildman–Crippen LogP) is 5.81. The van der Waals surface area contributed by atoms with Crippen molar-refractivity contribution < 1.29 is 42.9 Å². The number of hydrogen-bond donors (Lipinski definition) is 4. The van der Waals surface area contributed by atoms with E-state index in [2.05, 4.69) is 27.5 Å². The number of nitrogens with zero attached hydrogens (tertiary/aromatic N) is 3. The quantitative estimate of drug-likeness (QED) is 0.152. The fourth-order valence-corrected chi connectivity index (χ4v) is 8.33. The van der Waals surface area contributed by atoms with Crippen LogP contribution in [0.3, 0.4) is 0 Å². The van der Waals surface area contributed by atoms with Gasteiger partial charge in [-0.3, -0.25) is 9.59 Å². The SMILES string of the molecule is C=C[C@@H]1C[C@]1(NC(=O)[C@@H]1C[C@@H](Oc2cc(-c3coc(NC(C)C)n3)nc3c(Cl)c(OC)ccc23)CN1C(=O)[C@@H](NC(=O)OC1C[C@@H]2C[C@@H]2C1)C(C)(C)C)C(=O)O. The van der Waals surface area contributed by atoms with Crippen LogP contribution in [0.15, 0.2) is 41.5 Å². The first kappa shape index (κ1) is 39.2. The average molecular weight is 793 g/mol. The molecule has 3 saturated carbocycles. The summed E-state index contributed by atoms with van der Waals surface area (Å²) in [6.07, 6.45) is 4.26. The number of aliphatic carboxylic acids is 1. The van der Waals surface area contributed by atoms with Gasteiger partial charge in [0.1, 0.15) is 58.3 Å². The number of carboxylic acid groups (broad SMARTS) is 1. The fraction of sp³-hybridized carbons (Fsp3) is 0.550. The van der Waals surface area contributed by atoms with E-state index >= 15 is 0 Å². The molecule has 4 aliphatic rings. The number of pyridine rings is 1. The van der Waals surface area contributed by atoms with Crippen molar-refractivity contribution >= 4 is 52.4 Å². The third-order valence-electron chi connectivity index (χ3n) is 11.3. The first-order chi connectivity index (χ1) is 26.5. The normalized spacial score (nSPS) is 27.0. The van der Waals surface area contributed by atoms with Gasteiger partial charge < -0.3 is 44.6 Å². The zero-order valence-electron chi connectivity index (χ0n) is 32.4. The largest absolute Gasteiger partial charge is 0.495 e. The summed E-state index contributed by atoms with van der Waals surface area (Å²) in [7, 11) is 1.49. The lowest BCUT2D eigenvalue weighted by atomic mass is 9.85. The van der Waals surface area contributed by atoms with E-state index in [4.69, 9.17) is 35.2 Å². The average Bonchev–Trinajstić information content (AvgIpc) is 3.80. The van der Waals surface area contributed by atoms with Gasteiger partial charge in [-0.2, -0.15) is 4.98 Å². The Kier molecular flexibility index (Phi) is 10.4. The Morgan fingerprint density at radius 1 is 1.07 bits per heavy atom. The number of methoxy groups -OCH3 is 1. The number of ether oxygens (including phenoxy) is 3. The highest BCUT2D eigenvalue weighted by atomic mass is 35.5. The van der Waals surface area contributed by atoms with Gasteiger partial charge in [-0.1, -0.05) is 38.4 Å². The summed E-state index contributed by atoms with van der Waals surface area (Å²) in [5.41, 5.74) is -1.19. The first-order valence-electron chi connectivity index (χ1n) is 19.0. The van der Waals surface area contributed by atoms with Gasteiger partial charge in [0.25, 0.3) is 6.01 Å². The van der Waals surface area contributed by atoms with Gasteiger partial charge in [0, 0.05) is 29.8 Å². The van der Waals surface area contributed by atoms with Gasteiger partial charge in [0.15, 0.2) is 0 Å². The number of alkyl carbamates (subject to hydrolysis) is 1. The summed E-state index contributed by atoms with van der Waals surface area (Å²) in [5, 5.41) is 19.5. The van der Waals surface area contributed by atoms with Crippen LogP contribution in [0.2, 0.25) is 5.02 Å². The van der Waals surface area contributed by atoms with Gasteiger partial charge >= 0.3 is 12.1 Å². The molecular weight excluding hydrogens is 744 g/mol. The molecule has 3 aliphatic carbocycles. The third kappa shape index (κ3) is 7.69. The zero-order chi connectivity index (χ0) is 40.3. The molecule has 1 saturated heterocycles. The Morgan fingerprint density at radius 3 is 2.43 bits per heavy atom. The third-order valence-corrected chi connectivity index (χ3v) is 11.6. The van der Waals surface area contributed by atoms with E-state index in [-0.39, 0.29) is 36.6 Å². The van der Waals surface area contributed by atoms with Crippen LogP contribution in [0.5, 0.6) is 11.5 Å². The molecule has 0 spiro atoms. The van der Waals surface area contributed by atoms with Gasteiger partial charge in [-0.05, 0) is 68.9 Å². The Bertz CT molecular complexity index is 2050. The number of amides is 3. The molecule has 4 fully saturated rings. The standard InChI is InChI=1S/C40H49ClN6O9/c1-8-22-16-40(22,36(50)51)46-34(48)28-14-24(17-47(28)35(49)33(39(4,5)6)45-38(52)56-23-12-20-11-21(20)13-23)55-30-15-26(27-18-54-37(44-27)42-19(2)3)43-32-25(30)9-10-29(53-7)31(32)41/h8-10,15,18-24,28,33H,1,11-14,16-17H2,2-7H3,(H,42,44)(H,45,52)(H,46,48)(H,50,51)/t20-,21+,22-,23?,24-,28+,33-,40-/m1/s1. The molecule has 3 aromatic rings. The van der Waals surface area contributed by atoms with Gasteiger partial charge in [-0.15, -0.1) is 6.58 Å². The zero-order valence-corrected chi connectivity index (χ0v) is 33.1. The number of rotatable bonds is 13. The van der Waals surface area contributed by atoms with Crippen LogP contribution >= 0.6 is 11.6 Å². The highest BCUT2D eigenvalue weighted by Gasteiger charge is 2.61. The van der Waals surface area contributed by atoms with Crippen molar-refractivity contribution in [1.82, 2.24) is 25.5 Å². The minimum Gasteiger partial charge on any atom is -0.495 e. The van der Waals surface area contributed by atoms with E-state index < -0.39 is 58.9 Å². The molecule has 2 aromatic heterocycles. The van der Waals surface area contributed by atoms with E-state index in [9.17, 15) is 24.3 Å². The summed E-state index contributed by atoms with van der Waals surface area (Å²) < 4.78 is 23.5. The monoisotopic (exact) mass is 792 g/mol. The number of halogens is 1. The highest BCUT2D eigenvalue weighted by Crippen LogP contribution is 2.52. The number of likely N-dealkylation sites (tertiary alicyclic amines) is 1. The predicted molar refractivity (Wildman–Crippen MR) is 206 cm³/mol. The molecular formula is C40H49ClN6O9. The second-order valence-electron chi connectivity index (χ2n) is 16.8. The molecule has 15 nitrogen and oxygen atoms in total. The molecule has 3 amide bonds. The van der Waals surface area contributed by atoms with Crippen LogP contribution in [0.4, 0.5) is 10.8 Å². The molecule has 0 bridgehead atoms. The molecule has 1 aromatic carbocycles. The van der Waals surface area contributed by atoms with Crippen LogP contribution in [-0.2, 0) is 19.1 Å². The van der Waals surface area contributed by atoms with Crippen molar-refractivity contribution in [2.24, 2.45) is 23.2 Å². The van der Waals surface area contributed by atoms with Crippen molar-refractivity contribution in [3.8, 4) is 22.9 Å². The van der Waals surface area contributed by atoms with Crippen molar-refractivity contribution in [2.45, 2.75) is 103 Å². The minimum absolute atomic E-state index is 0.00758. The number of carbonyl (C=O) groups is 4. The first-order valence-corrected chi connectivity index (χ1v) is 19.4. The Labute approximate surface area is 329 Å². The molecule has 300 valence electrons. The summed E-state index contributed by atoms with van der Waals surface area (Å²) in [6.45, 7) is 13.0. The van der Waals surface area contributed by atoms with E-state index in [0.29, 0.717) is 51.6 Å². The summed E-state index contributed by atoms with van der Waals surface area (Å²) >= 11 is 6.79. The Hall–Kier alpha value is -5.05. The Balaban J connectivity index is 1.20. The molecule has 4 N–H and O–H groups in total. The van der Waals surface area contributed by atoms with E-state index in [0.717, 1.165) is 19.3 Å². The van der Waals surface area contributed by atoms with Gasteiger partial charge in [0.2, 0.25) is 11.8 Å². The summed E-state index contributed by atoms with van der Waals surface area (Å²) in [4.78, 5) is 65.1. The van der Waals surface area contributed by atoms with Crippen molar-refractivity contribution in [3.63, 3.8) is 0 Å². The molecule has 8 atom stereocenters. The smallest absolute Gasteiger partial charge is 0.408 e. The maximum atomic E-state index is 14.6. The molecule has 1 unspecified atom stereocenters. The lowest BCUT2D eigenvalue weighted by molar-refractivity contribution is -0.146. The van der Waals surface area contributed by atoms with E-state index in [1.54, 1.807) is 18.2 Å². The van der Waals surface area contributed by atoms with Gasteiger partial charge in [-0.25, -0.2) is 14.6 Å². The number of nitrogens with one attached hydrogen (secondary N) is 3. The summed E-state index contributed by atoms with van der Waals surface area (Å²) in [5.74, 6) is -0.932. The van der Waals surface area contributed by atoms with Crippen LogP contribution in [-0.4, -0.2) is 93.4 Å². The van der Waals surface area contributed by atoms with Gasteiger partial charge in [0.05, 0.1) is 24.9 Å². The van der Waals surface area contributed by atoms with E-state index in [1.807, 2.05) is 34.6 Å². The summed E-state index contributed by atoms with van der Waals surface area (Å²) in [6, 6.07) is 3.25. The topological polar surface area (TPSA) is 194 Å². The van der Waals surface area contributed by atoms with Crippen LogP contribution in [0.25, 0.3) is 22.3 Å². The lowest BCUT2D eigenvalue weighted by Crippen LogP contribution is -2.59. The molecule has 16 heteroatoms.